The van der Waals surface area contributed by atoms with Crippen molar-refractivity contribution in [1.29, 1.82) is 0 Å². The second kappa shape index (κ2) is 8.91. The number of anilines is 1. The largest absolute Gasteiger partial charge is 0.388 e. The number of carbonyl (C=O) groups is 2. The lowest BCUT2D eigenvalue weighted by molar-refractivity contribution is -0.132. The average Bonchev–Trinajstić information content (AvgIpc) is 3.64. The van der Waals surface area contributed by atoms with Crippen LogP contribution in [-0.4, -0.2) is 44.2 Å². The van der Waals surface area contributed by atoms with E-state index in [2.05, 4.69) is 6.58 Å². The second-order valence-corrected chi connectivity index (χ2v) is 9.99. The highest BCUT2D eigenvalue weighted by atomic mass is 16.3. The van der Waals surface area contributed by atoms with Gasteiger partial charge in [-0.2, -0.15) is 5.10 Å². The average molecular weight is 464 g/mol. The minimum atomic E-state index is -0.602. The number of amides is 2. The van der Waals surface area contributed by atoms with Crippen LogP contribution in [0.15, 0.2) is 36.9 Å². The molecule has 0 radical (unpaired) electrons. The number of benzene rings is 1. The van der Waals surface area contributed by atoms with Crippen molar-refractivity contribution >= 4 is 17.6 Å². The highest BCUT2D eigenvalue weighted by molar-refractivity contribution is 6.03. The van der Waals surface area contributed by atoms with Crippen molar-refractivity contribution < 1.29 is 14.7 Å². The maximum Gasteiger partial charge on any atom is 0.254 e. The third-order valence-corrected chi connectivity index (χ3v) is 7.88. The van der Waals surface area contributed by atoms with Gasteiger partial charge in [-0.15, -0.1) is 0 Å². The quantitative estimate of drug-likeness (QED) is 0.567. The summed E-state index contributed by atoms with van der Waals surface area (Å²) >= 11 is 0. The zero-order valence-electron chi connectivity index (χ0n) is 19.4. The Morgan fingerprint density at radius 3 is 2.53 bits per heavy atom. The van der Waals surface area contributed by atoms with Crippen LogP contribution in [0.5, 0.6) is 0 Å². The van der Waals surface area contributed by atoms with E-state index in [1.54, 1.807) is 4.68 Å². The lowest BCUT2D eigenvalue weighted by Crippen LogP contribution is -2.50. The summed E-state index contributed by atoms with van der Waals surface area (Å²) in [5.74, 6) is 0.399. The summed E-state index contributed by atoms with van der Waals surface area (Å²) in [6.07, 6.45) is 7.62. The van der Waals surface area contributed by atoms with Crippen molar-refractivity contribution in [1.82, 2.24) is 14.7 Å². The molecule has 8 heteroatoms. The maximum atomic E-state index is 12.4. The molecule has 4 atom stereocenters. The summed E-state index contributed by atoms with van der Waals surface area (Å²) < 4.78 is 1.77. The molecule has 2 aliphatic carbocycles. The first-order valence-electron chi connectivity index (χ1n) is 12.3. The summed E-state index contributed by atoms with van der Waals surface area (Å²) in [7, 11) is 0. The van der Waals surface area contributed by atoms with Gasteiger partial charge in [0.25, 0.3) is 5.91 Å². The van der Waals surface area contributed by atoms with Gasteiger partial charge in [-0.25, -0.2) is 4.68 Å². The fraction of sp³-hybridized carbons (Fsp3) is 0.500. The minimum absolute atomic E-state index is 0.000282. The molecule has 3 aliphatic rings. The summed E-state index contributed by atoms with van der Waals surface area (Å²) in [6.45, 7) is 4.43. The Hall–Kier alpha value is -3.13. The third-order valence-electron chi connectivity index (χ3n) is 7.88. The molecule has 180 valence electrons. The predicted octanol–water partition coefficient (Wildman–Crippen LogP) is 3.19. The van der Waals surface area contributed by atoms with Gasteiger partial charge in [-0.1, -0.05) is 30.8 Å². The van der Waals surface area contributed by atoms with Crippen LogP contribution >= 0.6 is 0 Å². The van der Waals surface area contributed by atoms with Gasteiger partial charge in [-0.05, 0) is 68.4 Å². The molecule has 5 rings (SSSR count). The molecule has 1 aromatic heterocycles. The Labute approximate surface area is 199 Å². The molecule has 34 heavy (non-hydrogen) atoms. The first kappa shape index (κ1) is 22.7. The van der Waals surface area contributed by atoms with Crippen molar-refractivity contribution in [3.8, 4) is 11.3 Å². The maximum absolute atomic E-state index is 12.4. The monoisotopic (exact) mass is 463 g/mol. The topological polar surface area (TPSA) is 127 Å². The number of likely N-dealkylation sites (tertiary alicyclic amines) is 1. The van der Waals surface area contributed by atoms with Crippen molar-refractivity contribution in [3.05, 3.63) is 48.0 Å². The van der Waals surface area contributed by atoms with E-state index in [1.807, 2.05) is 29.2 Å². The highest BCUT2D eigenvalue weighted by Gasteiger charge is 2.40. The van der Waals surface area contributed by atoms with Gasteiger partial charge >= 0.3 is 0 Å². The number of fused-ring (bicyclic) bond motifs is 1. The number of primary amides is 1. The molecule has 1 aliphatic heterocycles. The van der Waals surface area contributed by atoms with Gasteiger partial charge in [0.15, 0.2) is 0 Å². The Bertz CT molecular complexity index is 1100. The van der Waals surface area contributed by atoms with Gasteiger partial charge in [0.05, 0.1) is 12.1 Å². The van der Waals surface area contributed by atoms with Gasteiger partial charge in [0.1, 0.15) is 17.1 Å². The number of aliphatic hydroxyl groups is 1. The molecule has 0 bridgehead atoms. The van der Waals surface area contributed by atoms with Crippen LogP contribution in [0, 0.1) is 11.8 Å². The van der Waals surface area contributed by atoms with Crippen molar-refractivity contribution in [3.63, 3.8) is 0 Å². The number of hydrogen-bond donors (Lipinski definition) is 3. The Balaban J connectivity index is 1.41. The lowest BCUT2D eigenvalue weighted by atomic mass is 9.76. The zero-order chi connectivity index (χ0) is 24.0. The number of aliphatic hydroxyl groups excluding tert-OH is 1. The molecule has 2 saturated carbocycles. The van der Waals surface area contributed by atoms with Gasteiger partial charge in [0.2, 0.25) is 5.91 Å². The Morgan fingerprint density at radius 2 is 1.88 bits per heavy atom. The molecule has 2 aromatic rings. The molecular formula is C26H33N5O3. The van der Waals surface area contributed by atoms with Crippen LogP contribution in [0.4, 0.5) is 5.82 Å². The molecule has 0 spiro atoms. The predicted molar refractivity (Wildman–Crippen MR) is 130 cm³/mol. The van der Waals surface area contributed by atoms with E-state index in [9.17, 15) is 14.7 Å². The second-order valence-electron chi connectivity index (χ2n) is 9.99. The van der Waals surface area contributed by atoms with Crippen molar-refractivity contribution in [2.24, 2.45) is 17.6 Å². The van der Waals surface area contributed by atoms with E-state index in [-0.39, 0.29) is 23.6 Å². The lowest BCUT2D eigenvalue weighted by Gasteiger charge is -2.46. The van der Waals surface area contributed by atoms with E-state index in [1.165, 1.54) is 6.08 Å². The minimum Gasteiger partial charge on any atom is -0.388 e. The van der Waals surface area contributed by atoms with Crippen LogP contribution in [0.3, 0.4) is 0 Å². The molecule has 5 N–H and O–H groups in total. The first-order valence-corrected chi connectivity index (χ1v) is 12.3. The summed E-state index contributed by atoms with van der Waals surface area (Å²) in [4.78, 5) is 26.6. The van der Waals surface area contributed by atoms with E-state index in [0.29, 0.717) is 23.3 Å². The Morgan fingerprint density at radius 1 is 1.15 bits per heavy atom. The van der Waals surface area contributed by atoms with Gasteiger partial charge in [0, 0.05) is 18.2 Å². The fourth-order valence-corrected chi connectivity index (χ4v) is 5.94. The normalized spacial score (nSPS) is 25.4. The number of hydrogen-bond acceptors (Lipinski definition) is 5. The molecule has 1 saturated heterocycles. The first-order chi connectivity index (χ1) is 16.4. The van der Waals surface area contributed by atoms with Crippen LogP contribution in [0.2, 0.25) is 0 Å². The van der Waals surface area contributed by atoms with Crippen LogP contribution < -0.4 is 11.5 Å². The van der Waals surface area contributed by atoms with E-state index in [4.69, 9.17) is 16.6 Å². The molecule has 8 nitrogen and oxygen atoms in total. The number of rotatable bonds is 6. The van der Waals surface area contributed by atoms with E-state index < -0.39 is 12.0 Å². The summed E-state index contributed by atoms with van der Waals surface area (Å²) in [5.41, 5.74) is 14.5. The van der Waals surface area contributed by atoms with Crippen LogP contribution in [0.1, 0.15) is 73.0 Å². The highest BCUT2D eigenvalue weighted by Crippen LogP contribution is 2.43. The zero-order valence-corrected chi connectivity index (χ0v) is 19.4. The smallest absolute Gasteiger partial charge is 0.254 e. The van der Waals surface area contributed by atoms with Gasteiger partial charge < -0.3 is 21.5 Å². The number of aromatic nitrogens is 2. The molecule has 3 unspecified atom stereocenters. The number of nitrogens with two attached hydrogens (primary N) is 2. The van der Waals surface area contributed by atoms with Crippen LogP contribution in [0.25, 0.3) is 11.3 Å². The summed E-state index contributed by atoms with van der Waals surface area (Å²) in [6, 6.07) is 7.77. The molecule has 2 heterocycles. The SMILES string of the molecule is C=CC(=O)N1CCCC2C[C@@H](n3nc(-c4ccc(C(O)C5CC5)cc4)c(C(N)=O)c3N)CCC21. The van der Waals surface area contributed by atoms with Gasteiger partial charge in [-0.3, -0.25) is 9.59 Å². The summed E-state index contributed by atoms with van der Waals surface area (Å²) in [5, 5.41) is 15.2. The molecule has 1 aromatic carbocycles. The third kappa shape index (κ3) is 4.00. The molecule has 2 amide bonds. The van der Waals surface area contributed by atoms with Crippen molar-refractivity contribution in [2.45, 2.75) is 63.1 Å². The van der Waals surface area contributed by atoms with Crippen LogP contribution in [-0.2, 0) is 4.79 Å². The van der Waals surface area contributed by atoms with E-state index in [0.717, 1.165) is 62.6 Å². The number of nitrogens with zero attached hydrogens (tertiary/aromatic N) is 3. The fourth-order valence-electron chi connectivity index (χ4n) is 5.94. The Kier molecular flexibility index (Phi) is 5.93. The standard InChI is InChI=1S/C26H33N5O3/c1-2-21(32)30-13-3-4-18-14-19(11-12-20(18)30)31-25(27)22(26(28)34)23(29-31)15-5-7-16(8-6-15)24(33)17-9-10-17/h2,5-8,17-20,24,33H,1,3-4,9-14,27H2,(H2,28,34)/t18?,19-,20?,24?/m0/s1. The van der Waals surface area contributed by atoms with E-state index >= 15 is 0 Å². The van der Waals surface area contributed by atoms with Crippen molar-refractivity contribution in [2.75, 3.05) is 12.3 Å². The molecule has 3 fully saturated rings. The number of carbonyl (C=O) groups excluding carboxylic acids is 2. The molecular weight excluding hydrogens is 430 g/mol. The number of nitrogen functional groups attached to an aromatic ring is 1. The number of piperidine rings is 1.